The number of aromatic nitrogens is 2. The molecule has 0 unspecified atom stereocenters. The van der Waals surface area contributed by atoms with Gasteiger partial charge in [0.15, 0.2) is 0 Å². The molecule has 2 heterocycles. The van der Waals surface area contributed by atoms with Crippen LogP contribution in [0, 0.1) is 0 Å². The minimum Gasteiger partial charge on any atom is -0.366 e. The summed E-state index contributed by atoms with van der Waals surface area (Å²) in [6.45, 7) is 5.76. The van der Waals surface area contributed by atoms with Gasteiger partial charge in [0, 0.05) is 48.6 Å². The summed E-state index contributed by atoms with van der Waals surface area (Å²) in [6.07, 6.45) is -3.67. The van der Waals surface area contributed by atoms with E-state index in [1.54, 1.807) is 4.90 Å². The summed E-state index contributed by atoms with van der Waals surface area (Å²) in [4.78, 5) is 33.2. The number of hydrogen-bond acceptors (Lipinski definition) is 5. The first-order chi connectivity index (χ1) is 15.3. The van der Waals surface area contributed by atoms with Crippen LogP contribution < -0.4 is 11.1 Å². The van der Waals surface area contributed by atoms with Crippen LogP contribution in [0.1, 0.15) is 48.9 Å². The van der Waals surface area contributed by atoms with Gasteiger partial charge < -0.3 is 11.1 Å². The highest BCUT2D eigenvalue weighted by molar-refractivity contribution is 5.95. The van der Waals surface area contributed by atoms with Crippen LogP contribution in [0.15, 0.2) is 30.6 Å². The van der Waals surface area contributed by atoms with Crippen LogP contribution >= 0.6 is 0 Å². The van der Waals surface area contributed by atoms with E-state index in [9.17, 15) is 27.2 Å². The maximum atomic E-state index is 14.0. The van der Waals surface area contributed by atoms with Gasteiger partial charge in [-0.05, 0) is 44.0 Å². The number of nitrogens with one attached hydrogen (secondary N) is 1. The van der Waals surface area contributed by atoms with Crippen LogP contribution in [0.4, 0.5) is 17.6 Å². The molecule has 0 aliphatic carbocycles. The molecule has 3 rings (SSSR count). The summed E-state index contributed by atoms with van der Waals surface area (Å²) in [7, 11) is 0. The van der Waals surface area contributed by atoms with Gasteiger partial charge in [-0.25, -0.2) is 14.4 Å². The molecule has 7 nitrogen and oxygen atoms in total. The van der Waals surface area contributed by atoms with Crippen LogP contribution in [0.25, 0.3) is 11.1 Å². The lowest BCUT2D eigenvalue weighted by Gasteiger charge is -2.35. The number of carbonyl (C=O) groups is 2. The average Bonchev–Trinajstić information content (AvgIpc) is 3.13. The molecule has 2 aromatic rings. The van der Waals surface area contributed by atoms with Gasteiger partial charge in [0.05, 0.1) is 6.04 Å². The van der Waals surface area contributed by atoms with Crippen LogP contribution in [0.2, 0.25) is 0 Å². The van der Waals surface area contributed by atoms with Crippen molar-refractivity contribution in [2.75, 3.05) is 6.54 Å². The second-order valence-electron chi connectivity index (χ2n) is 8.92. The topological polar surface area (TPSA) is 101 Å². The molecule has 1 aliphatic heterocycles. The Kier molecular flexibility index (Phi) is 6.73. The van der Waals surface area contributed by atoms with Crippen LogP contribution in [0.5, 0.6) is 0 Å². The van der Waals surface area contributed by atoms with Gasteiger partial charge in [0.25, 0.3) is 0 Å². The summed E-state index contributed by atoms with van der Waals surface area (Å²) < 4.78 is 52.2. The number of carbonyl (C=O) groups excluding carboxylic acids is 2. The minimum absolute atomic E-state index is 0.0642. The molecule has 33 heavy (non-hydrogen) atoms. The molecule has 1 aromatic heterocycles. The number of benzene rings is 1. The van der Waals surface area contributed by atoms with Gasteiger partial charge >= 0.3 is 6.18 Å². The number of nitrogens with zero attached hydrogens (tertiary/aromatic N) is 3. The molecule has 1 aliphatic rings. The molecule has 1 aromatic carbocycles. The molecule has 0 radical (unpaired) electrons. The number of hydrogen-bond donors (Lipinski definition) is 2. The second kappa shape index (κ2) is 9.05. The highest BCUT2D eigenvalue weighted by atomic mass is 19.4. The molecule has 1 fully saturated rings. The number of alkyl halides is 4. The quantitative estimate of drug-likeness (QED) is 0.659. The third-order valence-corrected chi connectivity index (χ3v) is 5.48. The summed E-state index contributed by atoms with van der Waals surface area (Å²) >= 11 is 0. The molecular formula is C22H25F4N5O2. The Morgan fingerprint density at radius 3 is 2.33 bits per heavy atom. The van der Waals surface area contributed by atoms with Crippen molar-refractivity contribution < 1.29 is 27.2 Å². The lowest BCUT2D eigenvalue weighted by atomic mass is 9.99. The Balaban J connectivity index is 1.82. The summed E-state index contributed by atoms with van der Waals surface area (Å²) in [5.74, 6) is -2.38. The van der Waals surface area contributed by atoms with Crippen LogP contribution in [-0.2, 0) is 17.5 Å². The Labute approximate surface area is 188 Å². The summed E-state index contributed by atoms with van der Waals surface area (Å²) in [6, 6.07) is 3.79. The van der Waals surface area contributed by atoms with Crippen molar-refractivity contribution in [1.82, 2.24) is 20.2 Å². The van der Waals surface area contributed by atoms with Crippen LogP contribution in [0.3, 0.4) is 0 Å². The maximum Gasteiger partial charge on any atom is 0.451 e. The van der Waals surface area contributed by atoms with Gasteiger partial charge in [-0.15, -0.1) is 0 Å². The second-order valence-corrected chi connectivity index (χ2v) is 8.92. The largest absolute Gasteiger partial charge is 0.451 e. The monoisotopic (exact) mass is 467 g/mol. The number of primary amides is 1. The molecule has 0 saturated carbocycles. The van der Waals surface area contributed by atoms with Crippen molar-refractivity contribution >= 4 is 11.8 Å². The summed E-state index contributed by atoms with van der Waals surface area (Å²) in [5, 5.41) is 2.73. The van der Waals surface area contributed by atoms with Gasteiger partial charge in [0.2, 0.25) is 17.6 Å². The predicted molar refractivity (Wildman–Crippen MR) is 113 cm³/mol. The van der Waals surface area contributed by atoms with Crippen molar-refractivity contribution in [2.24, 2.45) is 5.73 Å². The first kappa shape index (κ1) is 24.6. The van der Waals surface area contributed by atoms with E-state index in [0.29, 0.717) is 16.7 Å². The zero-order chi connectivity index (χ0) is 24.6. The Morgan fingerprint density at radius 1 is 1.15 bits per heavy atom. The Bertz CT molecular complexity index is 1030. The van der Waals surface area contributed by atoms with Crippen molar-refractivity contribution in [2.45, 2.75) is 57.7 Å². The smallest absolute Gasteiger partial charge is 0.366 e. The maximum absolute atomic E-state index is 14.0. The lowest BCUT2D eigenvalue weighted by Crippen LogP contribution is -2.51. The van der Waals surface area contributed by atoms with Crippen molar-refractivity contribution in [1.29, 1.82) is 0 Å². The zero-order valence-electron chi connectivity index (χ0n) is 18.4. The fourth-order valence-electron chi connectivity index (χ4n) is 3.86. The first-order valence-corrected chi connectivity index (χ1v) is 10.3. The van der Waals surface area contributed by atoms with E-state index in [1.807, 2.05) is 20.8 Å². The van der Waals surface area contributed by atoms with Gasteiger partial charge in [-0.3, -0.25) is 14.5 Å². The molecule has 178 valence electrons. The SMILES string of the molecule is CC(C)(C)N1C[C@H](F)C[C@H]1C(=O)NCc1cc(-c2cnc(C(F)(F)F)nc2)ccc1C(N)=O. The van der Waals surface area contributed by atoms with Crippen molar-refractivity contribution in [3.05, 3.63) is 47.5 Å². The number of likely N-dealkylation sites (tertiary alicyclic amines) is 1. The number of amides is 2. The standard InChI is InChI=1S/C22H25F4N5O2/c1-21(2,3)31-11-15(23)7-17(31)19(33)28-8-13-6-12(4-5-16(13)18(27)32)14-9-29-20(30-10-14)22(24,25)26/h4-6,9-10,15,17H,7-8,11H2,1-3H3,(H2,27,32)(H,28,33)/t15-,17+/m1/s1. The Hall–Kier alpha value is -3.08. The minimum atomic E-state index is -4.66. The predicted octanol–water partition coefficient (Wildman–Crippen LogP) is 3.09. The number of nitrogens with two attached hydrogens (primary N) is 1. The number of rotatable bonds is 5. The van der Waals surface area contributed by atoms with E-state index in [-0.39, 0.29) is 31.0 Å². The molecule has 3 N–H and O–H groups in total. The highest BCUT2D eigenvalue weighted by Gasteiger charge is 2.42. The average molecular weight is 467 g/mol. The molecule has 1 saturated heterocycles. The fourth-order valence-corrected chi connectivity index (χ4v) is 3.86. The normalized spacial score (nSPS) is 19.5. The number of halogens is 4. The van der Waals surface area contributed by atoms with Crippen LogP contribution in [-0.4, -0.2) is 51.0 Å². The third kappa shape index (κ3) is 5.65. The third-order valence-electron chi connectivity index (χ3n) is 5.48. The lowest BCUT2D eigenvalue weighted by molar-refractivity contribution is -0.145. The molecule has 2 atom stereocenters. The van der Waals surface area contributed by atoms with E-state index in [1.165, 1.54) is 18.2 Å². The first-order valence-electron chi connectivity index (χ1n) is 10.3. The van der Waals surface area contributed by atoms with E-state index < -0.39 is 35.7 Å². The van der Waals surface area contributed by atoms with Crippen molar-refractivity contribution in [3.8, 4) is 11.1 Å². The molecule has 0 bridgehead atoms. The van der Waals surface area contributed by atoms with E-state index >= 15 is 0 Å². The van der Waals surface area contributed by atoms with Gasteiger partial charge in [-0.1, -0.05) is 6.07 Å². The van der Waals surface area contributed by atoms with E-state index in [2.05, 4.69) is 15.3 Å². The zero-order valence-corrected chi connectivity index (χ0v) is 18.4. The van der Waals surface area contributed by atoms with E-state index in [0.717, 1.165) is 12.4 Å². The van der Waals surface area contributed by atoms with E-state index in [4.69, 9.17) is 5.73 Å². The molecular weight excluding hydrogens is 442 g/mol. The Morgan fingerprint density at radius 2 is 1.79 bits per heavy atom. The van der Waals surface area contributed by atoms with Crippen molar-refractivity contribution in [3.63, 3.8) is 0 Å². The van der Waals surface area contributed by atoms with Gasteiger partial charge in [-0.2, -0.15) is 13.2 Å². The molecule has 2 amide bonds. The molecule has 11 heteroatoms. The highest BCUT2D eigenvalue weighted by Crippen LogP contribution is 2.29. The molecule has 0 spiro atoms. The van der Waals surface area contributed by atoms with Gasteiger partial charge in [0.1, 0.15) is 6.17 Å². The fraction of sp³-hybridized carbons (Fsp3) is 0.455. The summed E-state index contributed by atoms with van der Waals surface area (Å²) in [5.41, 5.74) is 6.28.